The molecule has 168 valence electrons. The largest absolute Gasteiger partial charge is 0.493 e. The van der Waals surface area contributed by atoms with E-state index >= 15 is 0 Å². The smallest absolute Gasteiger partial charge is 0.336 e. The van der Waals surface area contributed by atoms with Crippen LogP contribution in [-0.4, -0.2) is 22.0 Å². The molecule has 0 N–H and O–H groups in total. The summed E-state index contributed by atoms with van der Waals surface area (Å²) >= 11 is 6.53. The molecule has 0 bridgehead atoms. The maximum atomic E-state index is 12.4. The molecule has 0 saturated heterocycles. The molecule has 7 heteroatoms. The van der Waals surface area contributed by atoms with Gasteiger partial charge in [-0.05, 0) is 57.5 Å². The summed E-state index contributed by atoms with van der Waals surface area (Å²) in [5, 5.41) is 6.33. The highest BCUT2D eigenvalue weighted by molar-refractivity contribution is 6.32. The Morgan fingerprint density at radius 1 is 1.12 bits per heavy atom. The topological polar surface area (TPSA) is 66.5 Å². The Bertz CT molecular complexity index is 1500. The van der Waals surface area contributed by atoms with Crippen LogP contribution in [0.1, 0.15) is 42.1 Å². The minimum Gasteiger partial charge on any atom is -0.493 e. The van der Waals surface area contributed by atoms with Crippen molar-refractivity contribution in [2.75, 3.05) is 6.61 Å². The standard InChI is InChI=1S/C26H23ClN2O4/c1-13-11-20(30)32-24-15(13)9-10-19-23(24)22-16(12-31-19)26(3,4)33-25-21(22)14(2)28-29(25)18-8-6-5-7-17(18)27/h5-11,16,22H,12H2,1-4H3/t16-,22+/m0/s1. The summed E-state index contributed by atoms with van der Waals surface area (Å²) in [5.41, 5.74) is 3.96. The number of halogens is 1. The van der Waals surface area contributed by atoms with Gasteiger partial charge >= 0.3 is 5.63 Å². The first-order valence-electron chi connectivity index (χ1n) is 11.0. The van der Waals surface area contributed by atoms with E-state index < -0.39 is 5.60 Å². The number of para-hydroxylation sites is 1. The molecule has 4 aromatic rings. The highest BCUT2D eigenvalue weighted by Gasteiger charge is 2.51. The van der Waals surface area contributed by atoms with Crippen LogP contribution >= 0.6 is 11.6 Å². The first-order chi connectivity index (χ1) is 15.8. The zero-order chi connectivity index (χ0) is 23.1. The van der Waals surface area contributed by atoms with Crippen molar-refractivity contribution < 1.29 is 13.9 Å². The van der Waals surface area contributed by atoms with Gasteiger partial charge in [-0.15, -0.1) is 0 Å². The fraction of sp³-hybridized carbons (Fsp3) is 0.308. The predicted molar refractivity (Wildman–Crippen MR) is 126 cm³/mol. The van der Waals surface area contributed by atoms with Crippen molar-refractivity contribution in [1.29, 1.82) is 0 Å². The van der Waals surface area contributed by atoms with Gasteiger partial charge in [0.2, 0.25) is 5.88 Å². The summed E-state index contributed by atoms with van der Waals surface area (Å²) in [5.74, 6) is 1.27. The predicted octanol–water partition coefficient (Wildman–Crippen LogP) is 5.56. The number of nitrogens with zero attached hydrogens (tertiary/aromatic N) is 2. The van der Waals surface area contributed by atoms with Crippen LogP contribution in [0, 0.1) is 19.8 Å². The summed E-state index contributed by atoms with van der Waals surface area (Å²) in [6, 6.07) is 13.0. The molecule has 6 nitrogen and oxygen atoms in total. The van der Waals surface area contributed by atoms with Crippen LogP contribution in [0.25, 0.3) is 16.7 Å². The normalized spacial score (nSPS) is 20.4. The van der Waals surface area contributed by atoms with E-state index in [0.29, 0.717) is 23.1 Å². The van der Waals surface area contributed by atoms with Gasteiger partial charge in [-0.3, -0.25) is 0 Å². The zero-order valence-electron chi connectivity index (χ0n) is 18.8. The molecule has 0 fully saturated rings. The van der Waals surface area contributed by atoms with Crippen LogP contribution in [0.5, 0.6) is 11.6 Å². The number of hydrogen-bond acceptors (Lipinski definition) is 5. The Labute approximate surface area is 195 Å². The average Bonchev–Trinajstić information content (AvgIpc) is 3.08. The lowest BCUT2D eigenvalue weighted by molar-refractivity contribution is -0.0184. The van der Waals surface area contributed by atoms with Crippen LogP contribution in [0.15, 0.2) is 51.7 Å². The van der Waals surface area contributed by atoms with Gasteiger partial charge in [-0.25, -0.2) is 4.79 Å². The van der Waals surface area contributed by atoms with Gasteiger partial charge in [-0.2, -0.15) is 9.78 Å². The molecule has 2 aliphatic rings. The summed E-state index contributed by atoms with van der Waals surface area (Å²) in [6.45, 7) is 8.52. The lowest BCUT2D eigenvalue weighted by Crippen LogP contribution is -2.49. The van der Waals surface area contributed by atoms with Crippen LogP contribution in [0.4, 0.5) is 0 Å². The van der Waals surface area contributed by atoms with Gasteiger partial charge in [0.05, 0.1) is 23.0 Å². The van der Waals surface area contributed by atoms with Gasteiger partial charge in [0.15, 0.2) is 0 Å². The molecule has 2 atom stereocenters. The van der Waals surface area contributed by atoms with E-state index in [4.69, 9.17) is 30.6 Å². The van der Waals surface area contributed by atoms with Crippen LogP contribution < -0.4 is 15.1 Å². The third-order valence-electron chi connectivity index (χ3n) is 6.96. The molecule has 2 aliphatic heterocycles. The van der Waals surface area contributed by atoms with E-state index in [-0.39, 0.29) is 17.5 Å². The van der Waals surface area contributed by atoms with Crippen LogP contribution in [-0.2, 0) is 0 Å². The number of hydrogen-bond donors (Lipinski definition) is 0. The Hall–Kier alpha value is -3.25. The molecule has 6 rings (SSSR count). The Balaban J connectivity index is 1.69. The first-order valence-corrected chi connectivity index (χ1v) is 11.4. The van der Waals surface area contributed by atoms with E-state index in [0.717, 1.165) is 39.2 Å². The summed E-state index contributed by atoms with van der Waals surface area (Å²) in [4.78, 5) is 12.4. The van der Waals surface area contributed by atoms with Gasteiger partial charge in [0.25, 0.3) is 0 Å². The maximum Gasteiger partial charge on any atom is 0.336 e. The minimum atomic E-state index is -0.562. The quantitative estimate of drug-likeness (QED) is 0.346. The molecular weight excluding hydrogens is 440 g/mol. The van der Waals surface area contributed by atoms with E-state index in [1.165, 1.54) is 6.07 Å². The van der Waals surface area contributed by atoms with Crippen molar-refractivity contribution in [1.82, 2.24) is 9.78 Å². The third kappa shape index (κ3) is 2.86. The first kappa shape index (κ1) is 20.4. The number of ether oxygens (including phenoxy) is 2. The second-order valence-corrected chi connectivity index (χ2v) is 9.78. The maximum absolute atomic E-state index is 12.4. The Kier molecular flexibility index (Phi) is 4.24. The molecule has 2 aromatic heterocycles. The van der Waals surface area contributed by atoms with Crippen LogP contribution in [0.3, 0.4) is 0 Å². The molecule has 33 heavy (non-hydrogen) atoms. The van der Waals surface area contributed by atoms with E-state index in [2.05, 4.69) is 13.8 Å². The fourth-order valence-corrected chi connectivity index (χ4v) is 5.53. The molecule has 0 aliphatic carbocycles. The van der Waals surface area contributed by atoms with Crippen LogP contribution in [0.2, 0.25) is 5.02 Å². The number of fused-ring (bicyclic) bond motifs is 7. The molecule has 0 radical (unpaired) electrons. The van der Waals surface area contributed by atoms with Gasteiger partial charge < -0.3 is 13.9 Å². The highest BCUT2D eigenvalue weighted by atomic mass is 35.5. The third-order valence-corrected chi connectivity index (χ3v) is 7.28. The van der Waals surface area contributed by atoms with Crippen molar-refractivity contribution in [3.63, 3.8) is 0 Å². The summed E-state index contributed by atoms with van der Waals surface area (Å²) < 4.78 is 20.4. The molecule has 0 spiro atoms. The van der Waals surface area contributed by atoms with Gasteiger partial charge in [0.1, 0.15) is 16.9 Å². The minimum absolute atomic E-state index is 0.00323. The molecule has 4 heterocycles. The zero-order valence-corrected chi connectivity index (χ0v) is 19.6. The van der Waals surface area contributed by atoms with E-state index in [1.54, 1.807) is 4.68 Å². The lowest BCUT2D eigenvalue weighted by Gasteiger charge is -2.46. The van der Waals surface area contributed by atoms with Gasteiger partial charge in [0, 0.05) is 34.4 Å². The second-order valence-electron chi connectivity index (χ2n) is 9.37. The van der Waals surface area contributed by atoms with Crippen molar-refractivity contribution >= 4 is 22.6 Å². The lowest BCUT2D eigenvalue weighted by atomic mass is 9.70. The SMILES string of the molecule is Cc1nn(-c2ccccc2Cl)c2c1[C@@H]1c3c(ccc4c(C)cc(=O)oc34)OC[C@@H]1C(C)(C)O2. The van der Waals surface area contributed by atoms with Crippen molar-refractivity contribution in [3.05, 3.63) is 80.3 Å². The van der Waals surface area contributed by atoms with E-state index in [1.807, 2.05) is 50.2 Å². The highest BCUT2D eigenvalue weighted by Crippen LogP contribution is 2.55. The summed E-state index contributed by atoms with van der Waals surface area (Å²) in [7, 11) is 0. The molecule has 0 saturated carbocycles. The molecule has 0 amide bonds. The molecule has 2 aromatic carbocycles. The van der Waals surface area contributed by atoms with Gasteiger partial charge in [-0.1, -0.05) is 23.7 Å². The molecule has 0 unspecified atom stereocenters. The fourth-order valence-electron chi connectivity index (χ4n) is 5.32. The number of aromatic nitrogens is 2. The number of aryl methyl sites for hydroxylation is 2. The second kappa shape index (κ2) is 6.87. The Morgan fingerprint density at radius 3 is 2.70 bits per heavy atom. The van der Waals surface area contributed by atoms with Crippen molar-refractivity contribution in [3.8, 4) is 17.3 Å². The number of benzene rings is 2. The monoisotopic (exact) mass is 462 g/mol. The molecular formula is C26H23ClN2O4. The van der Waals surface area contributed by atoms with E-state index in [9.17, 15) is 4.79 Å². The Morgan fingerprint density at radius 2 is 1.91 bits per heavy atom. The summed E-state index contributed by atoms with van der Waals surface area (Å²) in [6.07, 6.45) is 0. The average molecular weight is 463 g/mol. The van der Waals surface area contributed by atoms with Crippen molar-refractivity contribution in [2.45, 2.75) is 39.2 Å². The number of rotatable bonds is 1. The van der Waals surface area contributed by atoms with Crippen molar-refractivity contribution in [2.24, 2.45) is 5.92 Å².